The van der Waals surface area contributed by atoms with E-state index < -0.39 is 0 Å². The van der Waals surface area contributed by atoms with Crippen molar-refractivity contribution in [2.75, 3.05) is 17.7 Å². The van der Waals surface area contributed by atoms with Crippen molar-refractivity contribution in [3.05, 3.63) is 30.3 Å². The molecular formula is C14H19N5OS. The highest BCUT2D eigenvalue weighted by Crippen LogP contribution is 2.16. The number of para-hydroxylation sites is 1. The lowest BCUT2D eigenvalue weighted by Gasteiger charge is -2.17. The Hall–Kier alpha value is -1.89. The third kappa shape index (κ3) is 4.56. The molecule has 0 saturated carbocycles. The molecule has 0 aliphatic heterocycles. The summed E-state index contributed by atoms with van der Waals surface area (Å²) in [6.45, 7) is 0. The average molecular weight is 305 g/mol. The van der Waals surface area contributed by atoms with Crippen molar-refractivity contribution in [3.8, 4) is 0 Å². The summed E-state index contributed by atoms with van der Waals surface area (Å²) < 4.78 is 1.65. The summed E-state index contributed by atoms with van der Waals surface area (Å²) in [6, 6.07) is 9.69. The van der Waals surface area contributed by atoms with E-state index >= 15 is 0 Å². The lowest BCUT2D eigenvalue weighted by atomic mass is 10.2. The van der Waals surface area contributed by atoms with Crippen LogP contribution in [0, 0.1) is 0 Å². The van der Waals surface area contributed by atoms with Gasteiger partial charge in [0, 0.05) is 32.0 Å². The molecule has 0 radical (unpaired) electrons. The fourth-order valence-corrected chi connectivity index (χ4v) is 2.70. The van der Waals surface area contributed by atoms with Crippen molar-refractivity contribution in [1.29, 1.82) is 0 Å². The zero-order chi connectivity index (χ0) is 15.1. The number of unbranched alkanes of at least 4 members (excludes halogenated alkanes) is 1. The van der Waals surface area contributed by atoms with E-state index in [1.54, 1.807) is 21.3 Å². The molecule has 2 rings (SSSR count). The minimum atomic E-state index is 0.145. The number of amides is 1. The minimum Gasteiger partial charge on any atom is -0.316 e. The van der Waals surface area contributed by atoms with E-state index in [0.717, 1.165) is 29.4 Å². The highest BCUT2D eigenvalue weighted by Gasteiger charge is 2.10. The maximum atomic E-state index is 12.1. The first kappa shape index (κ1) is 15.5. The Bertz CT molecular complexity index is 572. The standard InChI is InChI=1S/C14H19N5OS/c1-18(12-8-4-3-5-9-12)13(20)10-6-7-11-21-14-15-16-17-19(14)2/h3-5,8-9H,6-7,10-11H2,1-2H3. The van der Waals surface area contributed by atoms with Crippen LogP contribution in [0.4, 0.5) is 5.69 Å². The third-order valence-electron chi connectivity index (χ3n) is 3.11. The van der Waals surface area contributed by atoms with E-state index in [0.29, 0.717) is 6.42 Å². The van der Waals surface area contributed by atoms with Crippen LogP contribution in [0.3, 0.4) is 0 Å². The quantitative estimate of drug-likeness (QED) is 0.579. The Balaban J connectivity index is 1.66. The summed E-state index contributed by atoms with van der Waals surface area (Å²) in [6.07, 6.45) is 2.39. The molecule has 112 valence electrons. The number of anilines is 1. The van der Waals surface area contributed by atoms with Gasteiger partial charge in [-0.25, -0.2) is 4.68 Å². The van der Waals surface area contributed by atoms with Gasteiger partial charge in [0.25, 0.3) is 0 Å². The number of carbonyl (C=O) groups is 1. The molecule has 0 bridgehead atoms. The minimum absolute atomic E-state index is 0.145. The predicted molar refractivity (Wildman–Crippen MR) is 83.2 cm³/mol. The first-order chi connectivity index (χ1) is 10.2. The van der Waals surface area contributed by atoms with Gasteiger partial charge in [-0.05, 0) is 35.4 Å². The molecule has 0 aliphatic rings. The van der Waals surface area contributed by atoms with Gasteiger partial charge in [-0.3, -0.25) is 4.79 Å². The van der Waals surface area contributed by atoms with Gasteiger partial charge in [-0.1, -0.05) is 30.0 Å². The van der Waals surface area contributed by atoms with Crippen LogP contribution < -0.4 is 4.90 Å². The van der Waals surface area contributed by atoms with E-state index in [1.165, 1.54) is 0 Å². The van der Waals surface area contributed by atoms with Crippen molar-refractivity contribution in [1.82, 2.24) is 20.2 Å². The lowest BCUT2D eigenvalue weighted by Crippen LogP contribution is -2.25. The molecule has 1 aromatic carbocycles. The van der Waals surface area contributed by atoms with Crippen molar-refractivity contribution < 1.29 is 4.79 Å². The molecule has 0 unspecified atom stereocenters. The second-order valence-corrected chi connectivity index (χ2v) is 5.74. The fourth-order valence-electron chi connectivity index (χ4n) is 1.85. The van der Waals surface area contributed by atoms with Gasteiger partial charge < -0.3 is 4.90 Å². The molecule has 7 heteroatoms. The Morgan fingerprint density at radius 2 is 2.05 bits per heavy atom. The second kappa shape index (κ2) is 7.78. The first-order valence-corrected chi connectivity index (χ1v) is 7.84. The number of thioether (sulfide) groups is 1. The topological polar surface area (TPSA) is 63.9 Å². The van der Waals surface area contributed by atoms with Crippen molar-refractivity contribution in [2.45, 2.75) is 24.4 Å². The Morgan fingerprint density at radius 3 is 2.71 bits per heavy atom. The monoisotopic (exact) mass is 305 g/mol. The van der Waals surface area contributed by atoms with E-state index in [2.05, 4.69) is 15.5 Å². The molecule has 1 amide bonds. The number of aromatic nitrogens is 4. The highest BCUT2D eigenvalue weighted by molar-refractivity contribution is 7.99. The molecular weight excluding hydrogens is 286 g/mol. The van der Waals surface area contributed by atoms with E-state index in [-0.39, 0.29) is 5.91 Å². The molecule has 6 nitrogen and oxygen atoms in total. The van der Waals surface area contributed by atoms with E-state index in [4.69, 9.17) is 0 Å². The molecule has 2 aromatic rings. The number of tetrazole rings is 1. The highest BCUT2D eigenvalue weighted by atomic mass is 32.2. The number of rotatable bonds is 7. The van der Waals surface area contributed by atoms with Crippen LogP contribution in [0.25, 0.3) is 0 Å². The van der Waals surface area contributed by atoms with E-state index in [9.17, 15) is 4.79 Å². The summed E-state index contributed by atoms with van der Waals surface area (Å²) in [4.78, 5) is 13.8. The zero-order valence-corrected chi connectivity index (χ0v) is 13.1. The Kier molecular flexibility index (Phi) is 5.74. The number of hydrogen-bond donors (Lipinski definition) is 0. The summed E-state index contributed by atoms with van der Waals surface area (Å²) in [5.41, 5.74) is 0.932. The fraction of sp³-hybridized carbons (Fsp3) is 0.429. The largest absolute Gasteiger partial charge is 0.316 e. The Morgan fingerprint density at radius 1 is 1.29 bits per heavy atom. The smallest absolute Gasteiger partial charge is 0.226 e. The number of aryl methyl sites for hydroxylation is 1. The maximum Gasteiger partial charge on any atom is 0.226 e. The first-order valence-electron chi connectivity index (χ1n) is 6.85. The SMILES string of the molecule is CN(C(=O)CCCCSc1nnnn1C)c1ccccc1. The number of benzene rings is 1. The van der Waals surface area contributed by atoms with Gasteiger partial charge >= 0.3 is 0 Å². The molecule has 0 saturated heterocycles. The summed E-state index contributed by atoms with van der Waals surface area (Å²) >= 11 is 1.61. The van der Waals surface area contributed by atoms with Gasteiger partial charge in [-0.2, -0.15) is 0 Å². The number of carbonyl (C=O) groups excluding carboxylic acids is 1. The molecule has 1 aromatic heterocycles. The molecule has 0 aliphatic carbocycles. The molecule has 0 spiro atoms. The number of nitrogens with zero attached hydrogens (tertiary/aromatic N) is 5. The van der Waals surface area contributed by atoms with Crippen LogP contribution in [-0.4, -0.2) is 38.9 Å². The van der Waals surface area contributed by atoms with E-state index in [1.807, 2.05) is 44.4 Å². The predicted octanol–water partition coefficient (Wildman–Crippen LogP) is 2.14. The number of hydrogen-bond acceptors (Lipinski definition) is 5. The van der Waals surface area contributed by atoms with Crippen molar-refractivity contribution >= 4 is 23.4 Å². The van der Waals surface area contributed by atoms with Crippen LogP contribution >= 0.6 is 11.8 Å². The average Bonchev–Trinajstić information content (AvgIpc) is 2.92. The van der Waals surface area contributed by atoms with Gasteiger partial charge in [0.05, 0.1) is 0 Å². The Labute approximate surface area is 128 Å². The van der Waals surface area contributed by atoms with Crippen LogP contribution in [0.5, 0.6) is 0 Å². The second-order valence-electron chi connectivity index (χ2n) is 4.68. The van der Waals surface area contributed by atoms with Crippen molar-refractivity contribution in [2.24, 2.45) is 7.05 Å². The summed E-state index contributed by atoms with van der Waals surface area (Å²) in [5, 5.41) is 12.1. The third-order valence-corrected chi connectivity index (χ3v) is 4.21. The molecule has 0 atom stereocenters. The maximum absolute atomic E-state index is 12.1. The van der Waals surface area contributed by atoms with Gasteiger partial charge in [0.1, 0.15) is 0 Å². The normalized spacial score (nSPS) is 10.6. The zero-order valence-electron chi connectivity index (χ0n) is 12.3. The summed E-state index contributed by atoms with van der Waals surface area (Å²) in [7, 11) is 3.64. The van der Waals surface area contributed by atoms with Crippen molar-refractivity contribution in [3.63, 3.8) is 0 Å². The van der Waals surface area contributed by atoms with Gasteiger partial charge in [-0.15, -0.1) is 5.10 Å². The summed E-state index contributed by atoms with van der Waals surface area (Å²) in [5.74, 6) is 1.06. The van der Waals surface area contributed by atoms with Crippen LogP contribution in [-0.2, 0) is 11.8 Å². The molecule has 0 fully saturated rings. The van der Waals surface area contributed by atoms with Crippen LogP contribution in [0.2, 0.25) is 0 Å². The molecule has 0 N–H and O–H groups in total. The molecule has 1 heterocycles. The van der Waals surface area contributed by atoms with Crippen LogP contribution in [0.15, 0.2) is 35.5 Å². The van der Waals surface area contributed by atoms with Crippen LogP contribution in [0.1, 0.15) is 19.3 Å². The van der Waals surface area contributed by atoms with Gasteiger partial charge in [0.2, 0.25) is 11.1 Å². The molecule has 21 heavy (non-hydrogen) atoms. The van der Waals surface area contributed by atoms with Gasteiger partial charge in [0.15, 0.2) is 0 Å². The lowest BCUT2D eigenvalue weighted by molar-refractivity contribution is -0.118.